The summed E-state index contributed by atoms with van der Waals surface area (Å²) >= 11 is 0. The van der Waals surface area contributed by atoms with Crippen LogP contribution in [0.3, 0.4) is 0 Å². The van der Waals surface area contributed by atoms with Crippen LogP contribution in [0.25, 0.3) is 16.6 Å². The van der Waals surface area contributed by atoms with Gasteiger partial charge in [-0.1, -0.05) is 55.5 Å². The molecular formula is C26H26N4O2. The number of carbonyl (C=O) groups is 1. The summed E-state index contributed by atoms with van der Waals surface area (Å²) in [6.07, 6.45) is 5.23. The van der Waals surface area contributed by atoms with E-state index < -0.39 is 0 Å². The van der Waals surface area contributed by atoms with Gasteiger partial charge in [0.1, 0.15) is 5.78 Å². The molecule has 0 spiro atoms. The number of carbonyl (C=O) groups excluding carboxylic acids is 1. The highest BCUT2D eigenvalue weighted by Crippen LogP contribution is 2.23. The van der Waals surface area contributed by atoms with Gasteiger partial charge in [0.15, 0.2) is 0 Å². The molecule has 0 aliphatic carbocycles. The van der Waals surface area contributed by atoms with E-state index in [-0.39, 0.29) is 17.3 Å². The van der Waals surface area contributed by atoms with Crippen LogP contribution in [-0.4, -0.2) is 26.8 Å². The summed E-state index contributed by atoms with van der Waals surface area (Å²) in [5.41, 5.74) is 3.49. The molecule has 2 aromatic heterocycles. The molecular weight excluding hydrogens is 400 g/mol. The SMILES string of the molecule is CCC(C(=O)CCCc1ncc2c(=O)n(-c3ccccc3)[nH]c2c1C=N)c1ccccc1. The van der Waals surface area contributed by atoms with Crippen LogP contribution in [0.5, 0.6) is 0 Å². The van der Waals surface area contributed by atoms with Gasteiger partial charge in [-0.15, -0.1) is 0 Å². The normalized spacial score (nSPS) is 12.0. The molecule has 0 aliphatic heterocycles. The summed E-state index contributed by atoms with van der Waals surface area (Å²) < 4.78 is 1.47. The number of hydrogen-bond donors (Lipinski definition) is 2. The van der Waals surface area contributed by atoms with Gasteiger partial charge in [0.2, 0.25) is 0 Å². The number of H-pyrrole nitrogens is 1. The molecule has 0 aliphatic rings. The molecule has 162 valence electrons. The topological polar surface area (TPSA) is 91.6 Å². The number of aromatic nitrogens is 3. The maximum atomic E-state index is 12.8. The quantitative estimate of drug-likeness (QED) is 0.377. The Morgan fingerprint density at radius 2 is 1.81 bits per heavy atom. The zero-order chi connectivity index (χ0) is 22.5. The van der Waals surface area contributed by atoms with Crippen molar-refractivity contribution in [2.75, 3.05) is 0 Å². The standard InChI is InChI=1S/C26H26N4O2/c1-2-20(18-10-5-3-6-11-18)24(31)15-9-14-23-21(16-27)25-22(17-28-23)26(32)30(29-25)19-12-7-4-8-13-19/h3-8,10-13,16-17,20,27,29H,2,9,14-15H2,1H3. The first-order valence-electron chi connectivity index (χ1n) is 10.9. The van der Waals surface area contributed by atoms with E-state index in [9.17, 15) is 9.59 Å². The Kier molecular flexibility index (Phi) is 6.40. The van der Waals surface area contributed by atoms with E-state index in [4.69, 9.17) is 5.41 Å². The number of para-hydroxylation sites is 1. The second-order valence-corrected chi connectivity index (χ2v) is 7.83. The van der Waals surface area contributed by atoms with Gasteiger partial charge in [0.25, 0.3) is 5.56 Å². The number of nitrogens with zero attached hydrogens (tertiary/aromatic N) is 2. The molecule has 6 heteroatoms. The Morgan fingerprint density at radius 1 is 1.12 bits per heavy atom. The van der Waals surface area contributed by atoms with Crippen LogP contribution in [0, 0.1) is 5.41 Å². The Morgan fingerprint density at radius 3 is 2.47 bits per heavy atom. The molecule has 2 N–H and O–H groups in total. The summed E-state index contributed by atoms with van der Waals surface area (Å²) in [7, 11) is 0. The van der Waals surface area contributed by atoms with Gasteiger partial charge in [0.05, 0.1) is 22.3 Å². The number of ketones is 1. The van der Waals surface area contributed by atoms with Gasteiger partial charge in [-0.25, -0.2) is 4.68 Å². The molecule has 1 unspecified atom stereocenters. The number of fused-ring (bicyclic) bond motifs is 1. The highest BCUT2D eigenvalue weighted by Gasteiger charge is 2.19. The number of hydrogen-bond acceptors (Lipinski definition) is 4. The maximum Gasteiger partial charge on any atom is 0.280 e. The predicted molar refractivity (Wildman–Crippen MR) is 127 cm³/mol. The van der Waals surface area contributed by atoms with E-state index in [1.807, 2.05) is 67.6 Å². The average molecular weight is 427 g/mol. The predicted octanol–water partition coefficient (Wildman–Crippen LogP) is 4.80. The van der Waals surface area contributed by atoms with Crippen LogP contribution < -0.4 is 5.56 Å². The first-order valence-corrected chi connectivity index (χ1v) is 10.9. The van der Waals surface area contributed by atoms with Crippen LogP contribution in [-0.2, 0) is 11.2 Å². The lowest BCUT2D eigenvalue weighted by Gasteiger charge is -2.14. The fraction of sp³-hybridized carbons (Fsp3) is 0.231. The van der Waals surface area contributed by atoms with Gasteiger partial charge in [-0.2, -0.15) is 0 Å². The van der Waals surface area contributed by atoms with Gasteiger partial charge in [-0.3, -0.25) is 19.7 Å². The molecule has 4 aromatic rings. The third-order valence-electron chi connectivity index (χ3n) is 5.85. The first-order chi connectivity index (χ1) is 15.6. The van der Waals surface area contributed by atoms with Gasteiger partial charge >= 0.3 is 0 Å². The van der Waals surface area contributed by atoms with Crippen molar-refractivity contribution in [3.63, 3.8) is 0 Å². The summed E-state index contributed by atoms with van der Waals surface area (Å²) in [4.78, 5) is 30.1. The maximum absolute atomic E-state index is 12.8. The van der Waals surface area contributed by atoms with E-state index in [1.165, 1.54) is 10.9 Å². The third-order valence-corrected chi connectivity index (χ3v) is 5.85. The zero-order valence-electron chi connectivity index (χ0n) is 18.0. The summed E-state index contributed by atoms with van der Waals surface area (Å²) in [5.74, 6) is 0.130. The molecule has 1 atom stereocenters. The van der Waals surface area contributed by atoms with E-state index in [1.54, 1.807) is 6.20 Å². The molecule has 2 heterocycles. The van der Waals surface area contributed by atoms with Gasteiger partial charge in [-0.05, 0) is 37.0 Å². The van der Waals surface area contributed by atoms with Crippen molar-refractivity contribution in [1.29, 1.82) is 5.41 Å². The summed E-state index contributed by atoms with van der Waals surface area (Å²) in [6, 6.07) is 19.2. The molecule has 0 radical (unpaired) electrons. The van der Waals surface area contributed by atoms with E-state index in [2.05, 4.69) is 10.1 Å². The minimum Gasteiger partial charge on any atom is -0.308 e. The Hall–Kier alpha value is -3.80. The van der Waals surface area contributed by atoms with Crippen molar-refractivity contribution in [3.8, 4) is 5.69 Å². The molecule has 2 aromatic carbocycles. The number of rotatable bonds is 9. The van der Waals surface area contributed by atoms with Crippen LogP contribution in [0.4, 0.5) is 0 Å². The smallest absolute Gasteiger partial charge is 0.280 e. The molecule has 0 fully saturated rings. The molecule has 0 bridgehead atoms. The minimum atomic E-state index is -0.197. The van der Waals surface area contributed by atoms with Crippen molar-refractivity contribution in [2.24, 2.45) is 0 Å². The molecule has 6 nitrogen and oxygen atoms in total. The second kappa shape index (κ2) is 9.56. The van der Waals surface area contributed by atoms with Crippen LogP contribution in [0.2, 0.25) is 0 Å². The van der Waals surface area contributed by atoms with Crippen LogP contribution in [0.15, 0.2) is 71.7 Å². The largest absolute Gasteiger partial charge is 0.308 e. The average Bonchev–Trinajstić information content (AvgIpc) is 3.17. The monoisotopic (exact) mass is 426 g/mol. The molecule has 0 saturated carbocycles. The fourth-order valence-electron chi connectivity index (χ4n) is 4.18. The van der Waals surface area contributed by atoms with E-state index >= 15 is 0 Å². The third kappa shape index (κ3) is 4.17. The molecule has 0 amide bonds. The first kappa shape index (κ1) is 21.4. The van der Waals surface area contributed by atoms with Crippen molar-refractivity contribution >= 4 is 22.9 Å². The van der Waals surface area contributed by atoms with Crippen molar-refractivity contribution < 1.29 is 4.79 Å². The summed E-state index contributed by atoms with van der Waals surface area (Å²) in [5, 5.41) is 11.5. The molecule has 0 saturated heterocycles. The molecule has 32 heavy (non-hydrogen) atoms. The minimum absolute atomic E-state index is 0.0925. The van der Waals surface area contributed by atoms with Crippen molar-refractivity contribution in [3.05, 3.63) is 94.0 Å². The summed E-state index contributed by atoms with van der Waals surface area (Å²) in [6.45, 7) is 2.03. The lowest BCUT2D eigenvalue weighted by molar-refractivity contribution is -0.120. The number of aryl methyl sites for hydroxylation is 1. The molecule has 4 rings (SSSR count). The highest BCUT2D eigenvalue weighted by atomic mass is 16.1. The van der Waals surface area contributed by atoms with Crippen LogP contribution in [0.1, 0.15) is 48.9 Å². The highest BCUT2D eigenvalue weighted by molar-refractivity contribution is 5.97. The van der Waals surface area contributed by atoms with Crippen LogP contribution >= 0.6 is 0 Å². The van der Waals surface area contributed by atoms with Gasteiger partial charge in [0, 0.05) is 30.3 Å². The van der Waals surface area contributed by atoms with Crippen molar-refractivity contribution in [1.82, 2.24) is 14.8 Å². The van der Waals surface area contributed by atoms with Gasteiger partial charge < -0.3 is 5.41 Å². The number of Topliss-reactive ketones (excluding diaryl/α,β-unsaturated/α-hetero) is 1. The van der Waals surface area contributed by atoms with E-state index in [0.29, 0.717) is 35.7 Å². The number of nitrogens with one attached hydrogen (secondary N) is 2. The number of benzene rings is 2. The Balaban J connectivity index is 1.54. The Bertz CT molecular complexity index is 1290. The Labute approximate surface area is 186 Å². The number of aromatic amines is 1. The lowest BCUT2D eigenvalue weighted by Crippen LogP contribution is -2.14. The van der Waals surface area contributed by atoms with Crippen molar-refractivity contribution in [2.45, 2.75) is 38.5 Å². The number of pyridine rings is 1. The fourth-order valence-corrected chi connectivity index (χ4v) is 4.18. The van der Waals surface area contributed by atoms with E-state index in [0.717, 1.165) is 23.4 Å². The lowest BCUT2D eigenvalue weighted by atomic mass is 9.89. The zero-order valence-corrected chi connectivity index (χ0v) is 18.0. The second-order valence-electron chi connectivity index (χ2n) is 7.83.